The Bertz CT molecular complexity index is 1330. The average Bonchev–Trinajstić information content (AvgIpc) is 3.41. The van der Waals surface area contributed by atoms with Crippen molar-refractivity contribution < 1.29 is 23.9 Å². The molecule has 0 radical (unpaired) electrons. The quantitative estimate of drug-likeness (QED) is 0.395. The highest BCUT2D eigenvalue weighted by atomic mass is 32.1. The molecule has 5 rings (SSSR count). The number of hydrogen-bond acceptors (Lipinski definition) is 7. The fraction of sp³-hybridized carbons (Fsp3) is 0.370. The minimum Gasteiger partial charge on any atom is -0.454 e. The van der Waals surface area contributed by atoms with Crippen LogP contribution in [-0.4, -0.2) is 46.2 Å². The number of nitrogens with zero attached hydrogens (tertiary/aromatic N) is 2. The van der Waals surface area contributed by atoms with Gasteiger partial charge in [0.1, 0.15) is 11.0 Å². The second-order valence-corrected chi connectivity index (χ2v) is 10.5. The molecule has 1 N–H and O–H groups in total. The van der Waals surface area contributed by atoms with Crippen LogP contribution in [0.15, 0.2) is 42.5 Å². The van der Waals surface area contributed by atoms with Gasteiger partial charge in [-0.25, -0.2) is 9.78 Å². The number of amides is 3. The lowest BCUT2D eigenvalue weighted by atomic mass is 9.81. The Morgan fingerprint density at radius 2 is 1.75 bits per heavy atom. The number of aryl methyl sites for hydroxylation is 1. The van der Waals surface area contributed by atoms with Crippen molar-refractivity contribution in [2.24, 2.45) is 11.8 Å². The van der Waals surface area contributed by atoms with Gasteiger partial charge >= 0.3 is 5.97 Å². The second kappa shape index (κ2) is 9.81. The van der Waals surface area contributed by atoms with Gasteiger partial charge in [-0.05, 0) is 68.7 Å². The smallest absolute Gasteiger partial charge is 0.329 e. The largest absolute Gasteiger partial charge is 0.454 e. The number of benzene rings is 2. The number of ether oxygens (including phenoxy) is 1. The number of nitrogens with one attached hydrogen (secondary N) is 1. The molecular weight excluding hydrogens is 478 g/mol. The molecule has 1 aromatic heterocycles. The Morgan fingerprint density at radius 3 is 2.42 bits per heavy atom. The molecule has 2 aliphatic rings. The van der Waals surface area contributed by atoms with Gasteiger partial charge in [-0.2, -0.15) is 0 Å². The predicted molar refractivity (Wildman–Crippen MR) is 136 cm³/mol. The van der Waals surface area contributed by atoms with Gasteiger partial charge in [-0.15, -0.1) is 11.3 Å². The maximum atomic E-state index is 12.7. The summed E-state index contributed by atoms with van der Waals surface area (Å²) in [5.74, 6) is -2.55. The zero-order valence-electron chi connectivity index (χ0n) is 20.2. The van der Waals surface area contributed by atoms with Crippen LogP contribution in [0, 0.1) is 18.8 Å². The molecule has 2 heterocycles. The molecular formula is C27H27N3O5S. The van der Waals surface area contributed by atoms with E-state index >= 15 is 0 Å². The maximum Gasteiger partial charge on any atom is 0.329 e. The van der Waals surface area contributed by atoms with Gasteiger partial charge in [0.05, 0.1) is 22.1 Å². The molecule has 2 aromatic carbocycles. The molecule has 0 spiro atoms. The van der Waals surface area contributed by atoms with Crippen LogP contribution in [0.4, 0.5) is 5.69 Å². The molecule has 9 heteroatoms. The van der Waals surface area contributed by atoms with Crippen LogP contribution in [0.1, 0.15) is 38.2 Å². The van der Waals surface area contributed by atoms with Crippen LogP contribution >= 0.6 is 11.3 Å². The maximum absolute atomic E-state index is 12.7. The third-order valence-electron chi connectivity index (χ3n) is 6.91. The van der Waals surface area contributed by atoms with Gasteiger partial charge < -0.3 is 10.1 Å². The molecule has 1 aliphatic heterocycles. The zero-order valence-corrected chi connectivity index (χ0v) is 21.0. The summed E-state index contributed by atoms with van der Waals surface area (Å²) in [6.45, 7) is 3.01. The molecule has 3 amide bonds. The SMILES string of the molecule is Cc1ccc2nc(-c3ccc(NC(=O)COC(=O)[C@H](C)N4C(=O)C5CCCCC5C4=O)cc3)sc2c1. The van der Waals surface area contributed by atoms with Gasteiger partial charge in [0.2, 0.25) is 11.8 Å². The number of aromatic nitrogens is 1. The molecule has 186 valence electrons. The van der Waals surface area contributed by atoms with Crippen LogP contribution in [-0.2, 0) is 23.9 Å². The van der Waals surface area contributed by atoms with Crippen LogP contribution in [0.5, 0.6) is 0 Å². The number of hydrogen-bond donors (Lipinski definition) is 1. The average molecular weight is 506 g/mol. The van der Waals surface area contributed by atoms with E-state index < -0.39 is 24.5 Å². The lowest BCUT2D eigenvalue weighted by Gasteiger charge is -2.21. The first-order chi connectivity index (χ1) is 17.3. The standard InChI is InChI=1S/C27H27N3O5S/c1-15-7-12-21-22(13-15)36-24(29-21)17-8-10-18(11-9-17)28-23(31)14-35-27(34)16(2)30-25(32)19-5-3-4-6-20(19)26(30)33/h7-13,16,19-20H,3-6,14H2,1-2H3,(H,28,31)/t16-,19?,20?/m0/s1. The van der Waals surface area contributed by atoms with E-state index in [2.05, 4.69) is 16.4 Å². The number of imide groups is 1. The van der Waals surface area contributed by atoms with Gasteiger partial charge in [-0.3, -0.25) is 19.3 Å². The molecule has 1 aliphatic carbocycles. The number of esters is 1. The van der Waals surface area contributed by atoms with Gasteiger partial charge in [0.15, 0.2) is 6.61 Å². The van der Waals surface area contributed by atoms with Crippen LogP contribution in [0.3, 0.4) is 0 Å². The lowest BCUT2D eigenvalue weighted by Crippen LogP contribution is -2.45. The molecule has 8 nitrogen and oxygen atoms in total. The summed E-state index contributed by atoms with van der Waals surface area (Å²) in [7, 11) is 0. The fourth-order valence-electron chi connectivity index (χ4n) is 4.98. The van der Waals surface area contributed by atoms with Crippen LogP contribution in [0.2, 0.25) is 0 Å². The molecule has 1 saturated carbocycles. The number of anilines is 1. The minimum absolute atomic E-state index is 0.304. The molecule has 3 atom stereocenters. The molecule has 3 aromatic rings. The highest BCUT2D eigenvalue weighted by molar-refractivity contribution is 7.21. The summed E-state index contributed by atoms with van der Waals surface area (Å²) in [5, 5.41) is 3.59. The lowest BCUT2D eigenvalue weighted by molar-refractivity contribution is -0.159. The van der Waals surface area contributed by atoms with E-state index in [0.717, 1.165) is 38.5 Å². The van der Waals surface area contributed by atoms with Crippen molar-refractivity contribution in [3.05, 3.63) is 48.0 Å². The topological polar surface area (TPSA) is 106 Å². The number of fused-ring (bicyclic) bond motifs is 2. The summed E-state index contributed by atoms with van der Waals surface area (Å²) in [4.78, 5) is 55.9. The predicted octanol–water partition coefficient (Wildman–Crippen LogP) is 4.32. The van der Waals surface area contributed by atoms with Crippen molar-refractivity contribution in [3.63, 3.8) is 0 Å². The van der Waals surface area contributed by atoms with E-state index in [1.54, 1.807) is 23.5 Å². The molecule has 1 saturated heterocycles. The van der Waals surface area contributed by atoms with Crippen LogP contribution < -0.4 is 5.32 Å². The molecule has 36 heavy (non-hydrogen) atoms. The summed E-state index contributed by atoms with van der Waals surface area (Å²) in [6.07, 6.45) is 3.17. The zero-order chi connectivity index (χ0) is 25.4. The third-order valence-corrected chi connectivity index (χ3v) is 7.98. The summed E-state index contributed by atoms with van der Waals surface area (Å²) >= 11 is 1.61. The van der Waals surface area contributed by atoms with Gasteiger partial charge in [-0.1, -0.05) is 18.9 Å². The van der Waals surface area contributed by atoms with Gasteiger partial charge in [0.25, 0.3) is 5.91 Å². The van der Waals surface area contributed by atoms with Crippen molar-refractivity contribution in [1.82, 2.24) is 9.88 Å². The summed E-state index contributed by atoms with van der Waals surface area (Å²) in [5.41, 5.74) is 3.62. The number of carbonyl (C=O) groups is 4. The summed E-state index contributed by atoms with van der Waals surface area (Å²) < 4.78 is 6.25. The Kier molecular flexibility index (Phi) is 6.57. The van der Waals surface area contributed by atoms with Crippen molar-refractivity contribution >= 4 is 50.9 Å². The first-order valence-corrected chi connectivity index (χ1v) is 12.9. The number of thiazole rings is 1. The monoisotopic (exact) mass is 505 g/mol. The minimum atomic E-state index is -1.06. The van der Waals surface area contributed by atoms with Crippen molar-refractivity contribution in [1.29, 1.82) is 0 Å². The Labute approximate surface area is 212 Å². The van der Waals surface area contributed by atoms with E-state index in [1.165, 1.54) is 12.5 Å². The van der Waals surface area contributed by atoms with Crippen molar-refractivity contribution in [2.75, 3.05) is 11.9 Å². The Morgan fingerprint density at radius 1 is 1.08 bits per heavy atom. The Balaban J connectivity index is 1.15. The van der Waals surface area contributed by atoms with Crippen LogP contribution in [0.25, 0.3) is 20.8 Å². The number of rotatable bonds is 6. The first kappa shape index (κ1) is 24.1. The fourth-order valence-corrected chi connectivity index (χ4v) is 6.05. The van der Waals surface area contributed by atoms with Crippen molar-refractivity contribution in [3.8, 4) is 10.6 Å². The second-order valence-electron chi connectivity index (χ2n) is 9.44. The normalized spacial score (nSPS) is 20.3. The molecule has 2 unspecified atom stereocenters. The highest BCUT2D eigenvalue weighted by Crippen LogP contribution is 2.39. The van der Waals surface area contributed by atoms with E-state index in [4.69, 9.17) is 4.74 Å². The number of likely N-dealkylation sites (tertiary alicyclic amines) is 1. The molecule has 2 fully saturated rings. The van der Waals surface area contributed by atoms with Crippen molar-refractivity contribution in [2.45, 2.75) is 45.6 Å². The molecule has 0 bridgehead atoms. The summed E-state index contributed by atoms with van der Waals surface area (Å²) in [6, 6.07) is 12.4. The third kappa shape index (κ3) is 4.63. The van der Waals surface area contributed by atoms with E-state index in [-0.39, 0.29) is 23.7 Å². The van der Waals surface area contributed by atoms with E-state index in [0.29, 0.717) is 18.5 Å². The van der Waals surface area contributed by atoms with E-state index in [1.807, 2.05) is 31.2 Å². The highest BCUT2D eigenvalue weighted by Gasteiger charge is 2.51. The first-order valence-electron chi connectivity index (χ1n) is 12.1. The number of carbonyl (C=O) groups excluding carboxylic acids is 4. The van der Waals surface area contributed by atoms with E-state index in [9.17, 15) is 19.2 Å². The Hall–Kier alpha value is -3.59. The van der Waals surface area contributed by atoms with Gasteiger partial charge in [0, 0.05) is 11.3 Å².